The number of para-hydroxylation sites is 1. The second kappa shape index (κ2) is 7.77. The Kier molecular flexibility index (Phi) is 5.26. The first kappa shape index (κ1) is 17.6. The Morgan fingerprint density at radius 1 is 1.00 bits per heavy atom. The molecule has 1 aromatic carbocycles. The molecule has 0 unspecified atom stereocenters. The third-order valence-corrected chi connectivity index (χ3v) is 3.83. The van der Waals surface area contributed by atoms with Crippen LogP contribution >= 0.6 is 0 Å². The molecule has 0 aliphatic rings. The maximum atomic E-state index is 12.5. The van der Waals surface area contributed by atoms with Crippen LogP contribution in [0.2, 0.25) is 0 Å². The number of aromatic nitrogens is 3. The lowest BCUT2D eigenvalue weighted by molar-refractivity contribution is -0.157. The van der Waals surface area contributed by atoms with Crippen LogP contribution < -0.4 is 0 Å². The number of ether oxygens (including phenoxy) is 2. The van der Waals surface area contributed by atoms with Crippen molar-refractivity contribution < 1.29 is 19.1 Å². The van der Waals surface area contributed by atoms with Gasteiger partial charge in [-0.05, 0) is 32.0 Å². The van der Waals surface area contributed by atoms with Gasteiger partial charge in [0.15, 0.2) is 5.92 Å². The van der Waals surface area contributed by atoms with Gasteiger partial charge in [0.2, 0.25) is 5.95 Å². The molecule has 2 heterocycles. The molecule has 0 bridgehead atoms. The van der Waals surface area contributed by atoms with Gasteiger partial charge >= 0.3 is 11.9 Å². The number of hydrogen-bond acceptors (Lipinski definition) is 6. The summed E-state index contributed by atoms with van der Waals surface area (Å²) in [5.41, 5.74) is 1.20. The molecule has 0 amide bonds. The van der Waals surface area contributed by atoms with Gasteiger partial charge in [-0.1, -0.05) is 18.2 Å². The van der Waals surface area contributed by atoms with Gasteiger partial charge in [0.05, 0.1) is 24.4 Å². The van der Waals surface area contributed by atoms with Gasteiger partial charge in [-0.2, -0.15) is 0 Å². The van der Waals surface area contributed by atoms with Crippen molar-refractivity contribution in [3.8, 4) is 5.95 Å². The van der Waals surface area contributed by atoms with Gasteiger partial charge in [-0.15, -0.1) is 0 Å². The van der Waals surface area contributed by atoms with E-state index in [2.05, 4.69) is 9.97 Å². The summed E-state index contributed by atoms with van der Waals surface area (Å²) < 4.78 is 11.9. The third kappa shape index (κ3) is 3.28. The molecule has 0 fully saturated rings. The monoisotopic (exact) mass is 353 g/mol. The van der Waals surface area contributed by atoms with E-state index >= 15 is 0 Å². The Morgan fingerprint density at radius 2 is 1.62 bits per heavy atom. The summed E-state index contributed by atoms with van der Waals surface area (Å²) in [6, 6.07) is 11.0. The summed E-state index contributed by atoms with van der Waals surface area (Å²) in [6.07, 6.45) is 3.20. The van der Waals surface area contributed by atoms with Crippen LogP contribution in [0.25, 0.3) is 16.9 Å². The minimum atomic E-state index is -1.22. The van der Waals surface area contributed by atoms with Crippen LogP contribution in [0.15, 0.2) is 48.8 Å². The van der Waals surface area contributed by atoms with Gasteiger partial charge < -0.3 is 9.47 Å². The molecular weight excluding hydrogens is 334 g/mol. The molecule has 0 aliphatic heterocycles. The Morgan fingerprint density at radius 3 is 2.23 bits per heavy atom. The lowest BCUT2D eigenvalue weighted by Crippen LogP contribution is -2.28. The van der Waals surface area contributed by atoms with E-state index < -0.39 is 17.9 Å². The smallest absolute Gasteiger partial charge is 0.326 e. The van der Waals surface area contributed by atoms with E-state index in [1.54, 1.807) is 42.9 Å². The van der Waals surface area contributed by atoms with E-state index in [1.165, 1.54) is 0 Å². The number of nitrogens with zero attached hydrogens (tertiary/aromatic N) is 3. The third-order valence-electron chi connectivity index (χ3n) is 3.83. The zero-order chi connectivity index (χ0) is 18.5. The average Bonchev–Trinajstić information content (AvgIpc) is 3.02. The molecule has 0 atom stereocenters. The van der Waals surface area contributed by atoms with Crippen molar-refractivity contribution in [2.24, 2.45) is 0 Å². The Bertz CT molecular complexity index is 903. The van der Waals surface area contributed by atoms with E-state index in [0.29, 0.717) is 11.6 Å². The second-order valence-electron chi connectivity index (χ2n) is 5.45. The molecule has 3 aromatic rings. The van der Waals surface area contributed by atoms with E-state index in [9.17, 15) is 9.59 Å². The van der Waals surface area contributed by atoms with Gasteiger partial charge in [-0.3, -0.25) is 14.2 Å². The fourth-order valence-corrected chi connectivity index (χ4v) is 2.81. The standard InChI is InChI=1S/C19H19N3O4/c1-3-25-17(23)16(18(24)26-4-2)15-12-13-8-5-6-9-14(13)22(15)19-20-10-7-11-21-19/h5-12,16H,3-4H2,1-2H3. The van der Waals surface area contributed by atoms with Crippen molar-refractivity contribution >= 4 is 22.8 Å². The zero-order valence-electron chi connectivity index (χ0n) is 14.6. The molecule has 0 saturated carbocycles. The fraction of sp³-hybridized carbons (Fsp3) is 0.263. The normalized spacial score (nSPS) is 10.9. The van der Waals surface area contributed by atoms with Crippen molar-refractivity contribution in [1.82, 2.24) is 14.5 Å². The van der Waals surface area contributed by atoms with Gasteiger partial charge in [0, 0.05) is 17.8 Å². The van der Waals surface area contributed by atoms with E-state index in [-0.39, 0.29) is 13.2 Å². The number of esters is 2. The first-order valence-electron chi connectivity index (χ1n) is 8.38. The minimum Gasteiger partial charge on any atom is -0.465 e. The summed E-state index contributed by atoms with van der Waals surface area (Å²) >= 11 is 0. The molecule has 134 valence electrons. The van der Waals surface area contributed by atoms with Crippen molar-refractivity contribution in [3.05, 3.63) is 54.5 Å². The number of benzene rings is 1. The topological polar surface area (TPSA) is 83.3 Å². The number of carbonyl (C=O) groups excluding carboxylic acids is 2. The highest BCUT2D eigenvalue weighted by Crippen LogP contribution is 2.29. The molecule has 0 radical (unpaired) electrons. The molecular formula is C19H19N3O4. The van der Waals surface area contributed by atoms with Gasteiger partial charge in [0.1, 0.15) is 0 Å². The largest absolute Gasteiger partial charge is 0.465 e. The predicted octanol–water partition coefficient (Wildman–Crippen LogP) is 2.63. The van der Waals surface area contributed by atoms with Crippen LogP contribution in [-0.2, 0) is 19.1 Å². The van der Waals surface area contributed by atoms with Crippen molar-refractivity contribution in [3.63, 3.8) is 0 Å². The molecule has 7 nitrogen and oxygen atoms in total. The first-order valence-corrected chi connectivity index (χ1v) is 8.38. The maximum Gasteiger partial charge on any atom is 0.326 e. The summed E-state index contributed by atoms with van der Waals surface area (Å²) in [7, 11) is 0. The van der Waals surface area contributed by atoms with Gasteiger partial charge in [0.25, 0.3) is 0 Å². The van der Waals surface area contributed by atoms with E-state index in [1.807, 2.05) is 24.3 Å². The van der Waals surface area contributed by atoms with Crippen LogP contribution in [0.1, 0.15) is 25.5 Å². The summed E-state index contributed by atoms with van der Waals surface area (Å²) in [6.45, 7) is 3.71. The molecule has 2 aromatic heterocycles. The number of carbonyl (C=O) groups is 2. The lowest BCUT2D eigenvalue weighted by Gasteiger charge is -2.16. The van der Waals surface area contributed by atoms with Crippen molar-refractivity contribution in [2.75, 3.05) is 13.2 Å². The fourth-order valence-electron chi connectivity index (χ4n) is 2.81. The van der Waals surface area contributed by atoms with Crippen LogP contribution in [0, 0.1) is 0 Å². The Labute approximate surface area is 150 Å². The molecule has 0 saturated heterocycles. The highest BCUT2D eigenvalue weighted by molar-refractivity contribution is 6.02. The molecule has 0 N–H and O–H groups in total. The summed E-state index contributed by atoms with van der Waals surface area (Å²) in [5.74, 6) is -2.18. The van der Waals surface area contributed by atoms with Gasteiger partial charge in [-0.25, -0.2) is 9.97 Å². The lowest BCUT2D eigenvalue weighted by atomic mass is 10.1. The molecule has 26 heavy (non-hydrogen) atoms. The molecule has 3 rings (SSSR count). The van der Waals surface area contributed by atoms with Crippen LogP contribution in [-0.4, -0.2) is 39.7 Å². The second-order valence-corrected chi connectivity index (χ2v) is 5.45. The first-order chi connectivity index (χ1) is 12.7. The Hall–Kier alpha value is -3.22. The molecule has 0 aliphatic carbocycles. The van der Waals surface area contributed by atoms with E-state index in [4.69, 9.17) is 9.47 Å². The minimum absolute atomic E-state index is 0.163. The Balaban J connectivity index is 2.23. The quantitative estimate of drug-likeness (QED) is 0.500. The SMILES string of the molecule is CCOC(=O)C(C(=O)OCC)c1cc2ccccc2n1-c1ncccn1. The maximum absolute atomic E-state index is 12.5. The summed E-state index contributed by atoms with van der Waals surface area (Å²) in [5, 5.41) is 0.855. The predicted molar refractivity (Wildman–Crippen MR) is 94.9 cm³/mol. The van der Waals surface area contributed by atoms with Crippen molar-refractivity contribution in [1.29, 1.82) is 0 Å². The van der Waals surface area contributed by atoms with E-state index in [0.717, 1.165) is 10.9 Å². The van der Waals surface area contributed by atoms with Crippen LogP contribution in [0.5, 0.6) is 0 Å². The molecule has 0 spiro atoms. The molecule has 7 heteroatoms. The number of hydrogen-bond donors (Lipinski definition) is 0. The highest BCUT2D eigenvalue weighted by Gasteiger charge is 2.35. The van der Waals surface area contributed by atoms with Crippen LogP contribution in [0.4, 0.5) is 0 Å². The number of rotatable bonds is 6. The van der Waals surface area contributed by atoms with Crippen LogP contribution in [0.3, 0.4) is 0 Å². The zero-order valence-corrected chi connectivity index (χ0v) is 14.6. The highest BCUT2D eigenvalue weighted by atomic mass is 16.6. The average molecular weight is 353 g/mol. The summed E-state index contributed by atoms with van der Waals surface area (Å²) in [4.78, 5) is 33.6. The number of fused-ring (bicyclic) bond motifs is 1. The van der Waals surface area contributed by atoms with Crippen molar-refractivity contribution in [2.45, 2.75) is 19.8 Å².